The van der Waals surface area contributed by atoms with Crippen molar-refractivity contribution in [1.82, 2.24) is 9.97 Å². The first kappa shape index (κ1) is 21.6. The molecule has 0 spiro atoms. The molecule has 0 N–H and O–H groups in total. The van der Waals surface area contributed by atoms with E-state index in [-0.39, 0.29) is 11.3 Å². The first-order chi connectivity index (χ1) is 14.5. The molecule has 10 heteroatoms. The molecule has 0 atom stereocenters. The molecular weight excluding hydrogens is 434 g/mol. The van der Waals surface area contributed by atoms with Crippen molar-refractivity contribution in [2.75, 3.05) is 18.0 Å². The number of fused-ring (bicyclic) bond motifs is 1. The summed E-state index contributed by atoms with van der Waals surface area (Å²) in [6.45, 7) is 7.92. The zero-order chi connectivity index (χ0) is 22.4. The number of nitrogens with zero attached hydrogens (tertiary/aromatic N) is 3. The lowest BCUT2D eigenvalue weighted by molar-refractivity contribution is -0.275. The summed E-state index contributed by atoms with van der Waals surface area (Å²) in [4.78, 5) is 12.4. The predicted molar refractivity (Wildman–Crippen MR) is 111 cm³/mol. The number of alkyl halides is 3. The number of ether oxygens (including phenoxy) is 2. The van der Waals surface area contributed by atoms with E-state index >= 15 is 0 Å². The number of anilines is 1. The summed E-state index contributed by atoms with van der Waals surface area (Å²) in [7, 11) is 0. The molecule has 0 aliphatic carbocycles. The van der Waals surface area contributed by atoms with Gasteiger partial charge in [0.1, 0.15) is 11.2 Å². The van der Waals surface area contributed by atoms with Gasteiger partial charge in [-0.15, -0.1) is 24.5 Å². The summed E-state index contributed by atoms with van der Waals surface area (Å²) >= 11 is 1.48. The maximum atomic E-state index is 14.5. The van der Waals surface area contributed by atoms with Crippen LogP contribution in [0.15, 0.2) is 24.5 Å². The SMILES string of the molecule is CC(C)(C)c1sc2ncnc(Oc3c(F)cccc3OC(F)(F)F)c2c1N1CCCC1. The maximum absolute atomic E-state index is 14.5. The van der Waals surface area contributed by atoms with Crippen LogP contribution in [0.1, 0.15) is 38.5 Å². The van der Waals surface area contributed by atoms with E-state index in [2.05, 4.69) is 40.4 Å². The van der Waals surface area contributed by atoms with Crippen LogP contribution in [0.25, 0.3) is 10.2 Å². The van der Waals surface area contributed by atoms with E-state index in [9.17, 15) is 17.6 Å². The Bertz CT molecular complexity index is 1100. The molecule has 1 saturated heterocycles. The van der Waals surface area contributed by atoms with Crippen molar-refractivity contribution in [3.8, 4) is 17.4 Å². The molecule has 3 aromatic rings. The van der Waals surface area contributed by atoms with Crippen molar-refractivity contribution < 1.29 is 27.0 Å². The van der Waals surface area contributed by atoms with Gasteiger partial charge in [0.25, 0.3) is 0 Å². The maximum Gasteiger partial charge on any atom is 0.573 e. The van der Waals surface area contributed by atoms with Gasteiger partial charge in [0.15, 0.2) is 11.6 Å². The number of para-hydroxylation sites is 1. The van der Waals surface area contributed by atoms with Gasteiger partial charge in [-0.1, -0.05) is 26.8 Å². The first-order valence-electron chi connectivity index (χ1n) is 9.79. The monoisotopic (exact) mass is 455 g/mol. The van der Waals surface area contributed by atoms with Crippen LogP contribution in [0.4, 0.5) is 23.2 Å². The summed E-state index contributed by atoms with van der Waals surface area (Å²) in [5.74, 6) is -2.43. The molecule has 0 bridgehead atoms. The minimum atomic E-state index is -4.99. The predicted octanol–water partition coefficient (Wildman–Crippen LogP) is 6.42. The summed E-state index contributed by atoms with van der Waals surface area (Å²) in [6, 6.07) is 3.13. The molecule has 3 heterocycles. The Morgan fingerprint density at radius 3 is 2.42 bits per heavy atom. The van der Waals surface area contributed by atoms with E-state index in [1.54, 1.807) is 0 Å². The van der Waals surface area contributed by atoms with Crippen LogP contribution >= 0.6 is 11.3 Å². The molecule has 0 saturated carbocycles. The smallest absolute Gasteiger partial charge is 0.431 e. The number of thiophene rings is 1. The fourth-order valence-corrected chi connectivity index (χ4v) is 4.82. The van der Waals surface area contributed by atoms with Gasteiger partial charge >= 0.3 is 6.36 Å². The largest absolute Gasteiger partial charge is 0.573 e. The number of benzene rings is 1. The quantitative estimate of drug-likeness (QED) is 0.425. The topological polar surface area (TPSA) is 47.5 Å². The van der Waals surface area contributed by atoms with E-state index in [4.69, 9.17) is 4.74 Å². The van der Waals surface area contributed by atoms with Crippen molar-refractivity contribution >= 4 is 27.2 Å². The highest BCUT2D eigenvalue weighted by Gasteiger charge is 2.34. The number of rotatable bonds is 4. The highest BCUT2D eigenvalue weighted by molar-refractivity contribution is 7.19. The van der Waals surface area contributed by atoms with Gasteiger partial charge in [0.05, 0.1) is 11.1 Å². The molecule has 31 heavy (non-hydrogen) atoms. The third-order valence-corrected chi connectivity index (χ3v) is 6.40. The second kappa shape index (κ2) is 7.81. The van der Waals surface area contributed by atoms with E-state index in [0.717, 1.165) is 54.7 Å². The second-order valence-corrected chi connectivity index (χ2v) is 9.30. The van der Waals surface area contributed by atoms with Gasteiger partial charge in [-0.2, -0.15) is 0 Å². The lowest BCUT2D eigenvalue weighted by Crippen LogP contribution is -2.22. The molecule has 0 unspecified atom stereocenters. The summed E-state index contributed by atoms with van der Waals surface area (Å²) < 4.78 is 62.6. The minimum absolute atomic E-state index is 0.00391. The summed E-state index contributed by atoms with van der Waals surface area (Å²) in [6.07, 6.45) is -1.67. The Morgan fingerprint density at radius 2 is 1.77 bits per heavy atom. The molecule has 1 fully saturated rings. The summed E-state index contributed by atoms with van der Waals surface area (Å²) in [5.41, 5.74) is 0.693. The van der Waals surface area contributed by atoms with Gasteiger partial charge in [-0.05, 0) is 30.4 Å². The lowest BCUT2D eigenvalue weighted by Gasteiger charge is -2.25. The van der Waals surface area contributed by atoms with Gasteiger partial charge in [0.2, 0.25) is 11.6 Å². The Hall–Kier alpha value is -2.62. The normalized spacial score (nSPS) is 15.0. The van der Waals surface area contributed by atoms with Crippen LogP contribution in [-0.4, -0.2) is 29.4 Å². The molecule has 0 amide bonds. The van der Waals surface area contributed by atoms with Crippen LogP contribution in [-0.2, 0) is 5.41 Å². The molecule has 2 aromatic heterocycles. The molecule has 0 radical (unpaired) electrons. The molecular formula is C21H21F4N3O2S. The molecule has 5 nitrogen and oxygen atoms in total. The second-order valence-electron chi connectivity index (χ2n) is 8.30. The Balaban J connectivity index is 1.88. The van der Waals surface area contributed by atoms with Crippen molar-refractivity contribution in [1.29, 1.82) is 0 Å². The third kappa shape index (κ3) is 4.39. The van der Waals surface area contributed by atoms with Gasteiger partial charge in [0, 0.05) is 18.0 Å². The average Bonchev–Trinajstić information content (AvgIpc) is 3.30. The molecule has 166 valence electrons. The van der Waals surface area contributed by atoms with Crippen LogP contribution in [0.3, 0.4) is 0 Å². The fourth-order valence-electron chi connectivity index (χ4n) is 3.61. The zero-order valence-corrected chi connectivity index (χ0v) is 18.0. The van der Waals surface area contributed by atoms with Crippen LogP contribution < -0.4 is 14.4 Å². The van der Waals surface area contributed by atoms with Crippen LogP contribution in [0.5, 0.6) is 17.4 Å². The highest BCUT2D eigenvalue weighted by Crippen LogP contribution is 2.49. The van der Waals surface area contributed by atoms with Gasteiger partial charge in [-0.3, -0.25) is 0 Å². The Labute approximate surface area is 180 Å². The van der Waals surface area contributed by atoms with Crippen molar-refractivity contribution in [2.45, 2.75) is 45.4 Å². The molecule has 1 aliphatic heterocycles. The van der Waals surface area contributed by atoms with Crippen molar-refractivity contribution in [3.63, 3.8) is 0 Å². The fraction of sp³-hybridized carbons (Fsp3) is 0.429. The van der Waals surface area contributed by atoms with E-state index in [1.807, 2.05) is 0 Å². The van der Waals surface area contributed by atoms with E-state index < -0.39 is 23.7 Å². The number of hydrogen-bond acceptors (Lipinski definition) is 6. The molecule has 1 aromatic carbocycles. The third-order valence-electron chi connectivity index (χ3n) is 4.89. The zero-order valence-electron chi connectivity index (χ0n) is 17.2. The van der Waals surface area contributed by atoms with Crippen LogP contribution in [0.2, 0.25) is 0 Å². The molecule has 1 aliphatic rings. The number of halogens is 4. The summed E-state index contributed by atoms with van der Waals surface area (Å²) in [5, 5.41) is 0.570. The Morgan fingerprint density at radius 1 is 1.06 bits per heavy atom. The average molecular weight is 455 g/mol. The molecule has 4 rings (SSSR count). The Kier molecular flexibility index (Phi) is 5.45. The van der Waals surface area contributed by atoms with Crippen molar-refractivity contribution in [3.05, 3.63) is 35.2 Å². The number of hydrogen-bond donors (Lipinski definition) is 0. The standard InChI is InChI=1S/C21H21F4N3O2S/c1-20(2,3)17-15(28-9-4-5-10-28)14-18(26-11-27-19(14)31-17)29-16-12(22)7-6-8-13(16)30-21(23,24)25/h6-8,11H,4-5,9-10H2,1-3H3. The van der Waals surface area contributed by atoms with Gasteiger partial charge in [-0.25, -0.2) is 14.4 Å². The van der Waals surface area contributed by atoms with E-state index in [1.165, 1.54) is 17.7 Å². The van der Waals surface area contributed by atoms with Crippen molar-refractivity contribution in [2.24, 2.45) is 0 Å². The first-order valence-corrected chi connectivity index (χ1v) is 10.6. The lowest BCUT2D eigenvalue weighted by atomic mass is 9.92. The van der Waals surface area contributed by atoms with Gasteiger partial charge < -0.3 is 14.4 Å². The number of aromatic nitrogens is 2. The minimum Gasteiger partial charge on any atom is -0.431 e. The highest BCUT2D eigenvalue weighted by atomic mass is 32.1. The van der Waals surface area contributed by atoms with Crippen LogP contribution in [0, 0.1) is 5.82 Å². The van der Waals surface area contributed by atoms with E-state index in [0.29, 0.717) is 10.2 Å².